The van der Waals surface area contributed by atoms with Crippen LogP contribution in [0, 0.1) is 17.8 Å². The van der Waals surface area contributed by atoms with E-state index in [9.17, 15) is 4.79 Å². The van der Waals surface area contributed by atoms with Gasteiger partial charge in [-0.05, 0) is 62.7 Å². The third-order valence-corrected chi connectivity index (χ3v) is 5.03. The van der Waals surface area contributed by atoms with Gasteiger partial charge in [0.25, 0.3) is 0 Å². The quantitative estimate of drug-likeness (QED) is 0.425. The second kappa shape index (κ2) is 6.58. The fraction of sp³-hybridized carbons (Fsp3) is 0.824. The molecule has 19 heavy (non-hydrogen) atoms. The van der Waals surface area contributed by atoms with E-state index in [2.05, 4.69) is 13.8 Å². The number of carbonyl (C=O) groups excluding carboxylic acids is 1. The molecule has 0 N–H and O–H groups in total. The zero-order chi connectivity index (χ0) is 13.8. The number of allylic oxidation sites excluding steroid dienone is 2. The molecule has 2 aliphatic rings. The Bertz CT molecular complexity index is 356. The van der Waals surface area contributed by atoms with Gasteiger partial charge in [-0.2, -0.15) is 0 Å². The highest BCUT2D eigenvalue weighted by atomic mass is 16.5. The summed E-state index contributed by atoms with van der Waals surface area (Å²) in [5, 5.41) is 0. The van der Waals surface area contributed by atoms with Gasteiger partial charge >= 0.3 is 5.97 Å². The summed E-state index contributed by atoms with van der Waals surface area (Å²) in [6.45, 7) is 6.90. The lowest BCUT2D eigenvalue weighted by atomic mass is 9.88. The van der Waals surface area contributed by atoms with Crippen molar-refractivity contribution in [1.29, 1.82) is 0 Å². The summed E-state index contributed by atoms with van der Waals surface area (Å²) in [7, 11) is 0. The van der Waals surface area contributed by atoms with Crippen LogP contribution in [0.25, 0.3) is 0 Å². The lowest BCUT2D eigenvalue weighted by molar-refractivity contribution is -0.141. The Morgan fingerprint density at radius 2 is 1.89 bits per heavy atom. The molecule has 2 heteroatoms. The summed E-state index contributed by atoms with van der Waals surface area (Å²) in [5.41, 5.74) is 3.57. The van der Waals surface area contributed by atoms with Crippen LogP contribution in [0.15, 0.2) is 11.1 Å². The molecule has 0 spiro atoms. The van der Waals surface area contributed by atoms with Crippen molar-refractivity contribution in [3.05, 3.63) is 11.1 Å². The van der Waals surface area contributed by atoms with Crippen LogP contribution in [-0.4, -0.2) is 12.6 Å². The summed E-state index contributed by atoms with van der Waals surface area (Å²) in [6, 6.07) is 0. The molecule has 0 bridgehead atoms. The van der Waals surface area contributed by atoms with E-state index in [4.69, 9.17) is 4.74 Å². The first-order chi connectivity index (χ1) is 9.08. The fourth-order valence-corrected chi connectivity index (χ4v) is 3.83. The van der Waals surface area contributed by atoms with Gasteiger partial charge in [0, 0.05) is 6.92 Å². The molecular weight excluding hydrogens is 236 g/mol. The second-order valence-electron chi connectivity index (χ2n) is 6.52. The van der Waals surface area contributed by atoms with Gasteiger partial charge in [0.05, 0.1) is 6.61 Å². The smallest absolute Gasteiger partial charge is 0.302 e. The number of hydrogen-bond acceptors (Lipinski definition) is 2. The zero-order valence-electron chi connectivity index (χ0n) is 12.7. The van der Waals surface area contributed by atoms with Crippen molar-refractivity contribution in [2.24, 2.45) is 17.8 Å². The van der Waals surface area contributed by atoms with Crippen molar-refractivity contribution in [2.45, 2.75) is 65.7 Å². The van der Waals surface area contributed by atoms with E-state index in [-0.39, 0.29) is 5.97 Å². The molecule has 0 heterocycles. The minimum Gasteiger partial charge on any atom is -0.466 e. The maximum absolute atomic E-state index is 10.8. The Morgan fingerprint density at radius 1 is 1.16 bits per heavy atom. The van der Waals surface area contributed by atoms with Gasteiger partial charge in [0.15, 0.2) is 0 Å². The Balaban J connectivity index is 1.85. The molecule has 0 amide bonds. The van der Waals surface area contributed by atoms with Crippen molar-refractivity contribution >= 4 is 5.97 Å². The summed E-state index contributed by atoms with van der Waals surface area (Å²) in [6.07, 6.45) is 8.96. The van der Waals surface area contributed by atoms with E-state index in [0.29, 0.717) is 6.61 Å². The maximum atomic E-state index is 10.8. The van der Waals surface area contributed by atoms with E-state index in [1.54, 1.807) is 11.1 Å². The van der Waals surface area contributed by atoms with Crippen LogP contribution in [-0.2, 0) is 9.53 Å². The third-order valence-electron chi connectivity index (χ3n) is 5.03. The van der Waals surface area contributed by atoms with E-state index in [0.717, 1.165) is 24.2 Å². The molecular formula is C17H28O2. The van der Waals surface area contributed by atoms with E-state index in [1.807, 2.05) is 0 Å². The monoisotopic (exact) mass is 264 g/mol. The number of carbonyl (C=O) groups is 1. The van der Waals surface area contributed by atoms with Crippen LogP contribution in [0.5, 0.6) is 0 Å². The molecule has 0 saturated carbocycles. The largest absolute Gasteiger partial charge is 0.466 e. The standard InChI is InChI=1S/C17H28O2/c1-12-6-8-15(5-4-10-19-14(3)18)11-17-13(2)7-9-16(12)17/h12-13,15H,4-11H2,1-3H3. The molecule has 2 aliphatic carbocycles. The van der Waals surface area contributed by atoms with Gasteiger partial charge in [-0.1, -0.05) is 25.0 Å². The molecule has 0 aromatic rings. The number of hydrogen-bond donors (Lipinski definition) is 0. The maximum Gasteiger partial charge on any atom is 0.302 e. The Kier molecular flexibility index (Phi) is 5.06. The average molecular weight is 264 g/mol. The lowest BCUT2D eigenvalue weighted by Crippen LogP contribution is -2.07. The van der Waals surface area contributed by atoms with E-state index >= 15 is 0 Å². The van der Waals surface area contributed by atoms with Gasteiger partial charge in [0.1, 0.15) is 0 Å². The van der Waals surface area contributed by atoms with Crippen LogP contribution in [0.4, 0.5) is 0 Å². The predicted octanol–water partition coefficient (Wildman–Crippen LogP) is 4.49. The number of rotatable bonds is 4. The van der Waals surface area contributed by atoms with Crippen molar-refractivity contribution < 1.29 is 9.53 Å². The Morgan fingerprint density at radius 3 is 2.63 bits per heavy atom. The molecule has 2 nitrogen and oxygen atoms in total. The summed E-state index contributed by atoms with van der Waals surface area (Å²) in [5.74, 6) is 2.28. The minimum atomic E-state index is -0.149. The SMILES string of the molecule is CC(=O)OCCCC1CCC(C)C2=C(C1)C(C)CC2. The highest BCUT2D eigenvalue weighted by molar-refractivity contribution is 5.65. The highest BCUT2D eigenvalue weighted by Gasteiger charge is 2.29. The molecule has 2 rings (SSSR count). The Labute approximate surface area is 117 Å². The first kappa shape index (κ1) is 14.6. The minimum absolute atomic E-state index is 0.149. The van der Waals surface area contributed by atoms with Crippen LogP contribution in [0.2, 0.25) is 0 Å². The molecule has 0 radical (unpaired) electrons. The van der Waals surface area contributed by atoms with Crippen LogP contribution >= 0.6 is 0 Å². The molecule has 0 aliphatic heterocycles. The number of ether oxygens (including phenoxy) is 1. The van der Waals surface area contributed by atoms with Crippen LogP contribution < -0.4 is 0 Å². The molecule has 3 atom stereocenters. The average Bonchev–Trinajstić information content (AvgIpc) is 2.63. The van der Waals surface area contributed by atoms with Crippen molar-refractivity contribution in [3.63, 3.8) is 0 Å². The predicted molar refractivity (Wildman–Crippen MR) is 77.8 cm³/mol. The molecule has 0 aromatic carbocycles. The topological polar surface area (TPSA) is 26.3 Å². The van der Waals surface area contributed by atoms with E-state index < -0.39 is 0 Å². The normalized spacial score (nSPS) is 31.0. The van der Waals surface area contributed by atoms with Crippen LogP contribution in [0.1, 0.15) is 65.7 Å². The summed E-state index contributed by atoms with van der Waals surface area (Å²) < 4.78 is 5.04. The highest BCUT2D eigenvalue weighted by Crippen LogP contribution is 2.44. The molecule has 0 aromatic heterocycles. The molecule has 0 saturated heterocycles. The van der Waals surface area contributed by atoms with Gasteiger partial charge in [-0.15, -0.1) is 0 Å². The fourth-order valence-electron chi connectivity index (χ4n) is 3.83. The number of esters is 1. The summed E-state index contributed by atoms with van der Waals surface area (Å²) in [4.78, 5) is 10.8. The lowest BCUT2D eigenvalue weighted by Gasteiger charge is -2.18. The second-order valence-corrected chi connectivity index (χ2v) is 6.52. The summed E-state index contributed by atoms with van der Waals surface area (Å²) >= 11 is 0. The van der Waals surface area contributed by atoms with Crippen molar-refractivity contribution in [2.75, 3.05) is 6.61 Å². The first-order valence-electron chi connectivity index (χ1n) is 7.93. The van der Waals surface area contributed by atoms with Crippen molar-refractivity contribution in [3.8, 4) is 0 Å². The molecule has 108 valence electrons. The zero-order valence-corrected chi connectivity index (χ0v) is 12.7. The van der Waals surface area contributed by atoms with Gasteiger partial charge in [-0.3, -0.25) is 4.79 Å². The van der Waals surface area contributed by atoms with Gasteiger partial charge in [0.2, 0.25) is 0 Å². The molecule has 0 fully saturated rings. The van der Waals surface area contributed by atoms with Gasteiger partial charge in [-0.25, -0.2) is 0 Å². The third kappa shape index (κ3) is 3.84. The Hall–Kier alpha value is -0.790. The van der Waals surface area contributed by atoms with E-state index in [1.165, 1.54) is 45.4 Å². The molecule has 3 unspecified atom stereocenters. The van der Waals surface area contributed by atoms with Crippen LogP contribution in [0.3, 0.4) is 0 Å². The first-order valence-corrected chi connectivity index (χ1v) is 7.93. The van der Waals surface area contributed by atoms with Gasteiger partial charge < -0.3 is 4.74 Å². The van der Waals surface area contributed by atoms with Crippen molar-refractivity contribution in [1.82, 2.24) is 0 Å².